The number of nitrogens with zero attached hydrogens (tertiary/aromatic N) is 2. The van der Waals surface area contributed by atoms with Crippen LogP contribution in [0.25, 0.3) is 0 Å². The van der Waals surface area contributed by atoms with Gasteiger partial charge >= 0.3 is 5.97 Å². The molecule has 2 rings (SSSR count). The highest BCUT2D eigenvalue weighted by Crippen LogP contribution is 2.21. The number of esters is 1. The molecule has 30 heavy (non-hydrogen) atoms. The van der Waals surface area contributed by atoms with Crippen LogP contribution in [0.3, 0.4) is 0 Å². The molecule has 0 atom stereocenters. The van der Waals surface area contributed by atoms with Crippen LogP contribution < -0.4 is 5.32 Å². The number of nitrogens with one attached hydrogen (secondary N) is 1. The number of rotatable bonds is 8. The Kier molecular flexibility index (Phi) is 7.62. The number of nitro benzene ring substituents is 1. The molecule has 0 radical (unpaired) electrons. The van der Waals surface area contributed by atoms with Crippen molar-refractivity contribution in [3.63, 3.8) is 0 Å². The maximum atomic E-state index is 12.3. The van der Waals surface area contributed by atoms with Gasteiger partial charge in [0.1, 0.15) is 0 Å². The third kappa shape index (κ3) is 5.40. The van der Waals surface area contributed by atoms with Gasteiger partial charge in [0.2, 0.25) is 0 Å². The van der Waals surface area contributed by atoms with E-state index in [1.54, 1.807) is 29.2 Å². The van der Waals surface area contributed by atoms with Gasteiger partial charge in [-0.15, -0.1) is 0 Å². The van der Waals surface area contributed by atoms with Crippen LogP contribution in [0.15, 0.2) is 42.5 Å². The molecule has 0 saturated carbocycles. The zero-order chi connectivity index (χ0) is 22.3. The standard InChI is InChI=1S/C21H23N3O6/c1-4-23(5-2)20(26)15-9-11-16(12-10-15)22-19(25)13-30-21(27)17-7-6-8-18(14(17)3)24(28)29/h6-12H,4-5,13H2,1-3H3,(H,22,25). The normalized spacial score (nSPS) is 10.2. The van der Waals surface area contributed by atoms with Crippen molar-refractivity contribution in [2.45, 2.75) is 20.8 Å². The van der Waals surface area contributed by atoms with Crippen LogP contribution in [0.2, 0.25) is 0 Å². The number of carbonyl (C=O) groups is 3. The molecule has 2 aromatic rings. The van der Waals surface area contributed by atoms with Gasteiger partial charge in [0, 0.05) is 36.0 Å². The summed E-state index contributed by atoms with van der Waals surface area (Å²) in [7, 11) is 0. The Bertz CT molecular complexity index is 952. The predicted octanol–water partition coefficient (Wildman–Crippen LogP) is 3.18. The first-order valence-electron chi connectivity index (χ1n) is 9.38. The number of amides is 2. The summed E-state index contributed by atoms with van der Waals surface area (Å²) in [6.45, 7) is 5.88. The molecule has 2 amide bonds. The maximum absolute atomic E-state index is 12.3. The van der Waals surface area contributed by atoms with Crippen LogP contribution >= 0.6 is 0 Å². The van der Waals surface area contributed by atoms with Gasteiger partial charge in [0.15, 0.2) is 6.61 Å². The monoisotopic (exact) mass is 413 g/mol. The lowest BCUT2D eigenvalue weighted by Crippen LogP contribution is -2.30. The summed E-state index contributed by atoms with van der Waals surface area (Å²) in [6, 6.07) is 10.4. The predicted molar refractivity (Wildman–Crippen MR) is 110 cm³/mol. The molecule has 2 aromatic carbocycles. The molecule has 0 aliphatic carbocycles. The van der Waals surface area contributed by atoms with Gasteiger partial charge < -0.3 is 15.0 Å². The van der Waals surface area contributed by atoms with Crippen molar-refractivity contribution in [3.05, 3.63) is 69.3 Å². The summed E-state index contributed by atoms with van der Waals surface area (Å²) in [6.07, 6.45) is 0. The minimum atomic E-state index is -0.827. The summed E-state index contributed by atoms with van der Waals surface area (Å²) >= 11 is 0. The van der Waals surface area contributed by atoms with E-state index in [9.17, 15) is 24.5 Å². The fourth-order valence-electron chi connectivity index (χ4n) is 2.84. The summed E-state index contributed by atoms with van der Waals surface area (Å²) < 4.78 is 4.97. The SMILES string of the molecule is CCN(CC)C(=O)c1ccc(NC(=O)COC(=O)c2cccc([N+](=O)[O-])c2C)cc1. The second-order valence-electron chi connectivity index (χ2n) is 6.39. The van der Waals surface area contributed by atoms with Crippen LogP contribution in [-0.4, -0.2) is 47.3 Å². The molecule has 0 heterocycles. The molecule has 158 valence electrons. The van der Waals surface area contributed by atoms with E-state index in [0.717, 1.165) is 0 Å². The lowest BCUT2D eigenvalue weighted by molar-refractivity contribution is -0.385. The van der Waals surface area contributed by atoms with Crippen LogP contribution in [0, 0.1) is 17.0 Å². The minimum absolute atomic E-state index is 0.0243. The molecule has 0 aromatic heterocycles. The van der Waals surface area contributed by atoms with Gasteiger partial charge in [-0.3, -0.25) is 19.7 Å². The molecule has 9 nitrogen and oxygen atoms in total. The van der Waals surface area contributed by atoms with Crippen LogP contribution in [0.1, 0.15) is 40.1 Å². The Morgan fingerprint density at radius 2 is 1.70 bits per heavy atom. The highest BCUT2D eigenvalue weighted by molar-refractivity contribution is 5.97. The zero-order valence-electron chi connectivity index (χ0n) is 17.0. The van der Waals surface area contributed by atoms with Crippen molar-refractivity contribution in [2.24, 2.45) is 0 Å². The van der Waals surface area contributed by atoms with Gasteiger partial charge in [0.25, 0.3) is 17.5 Å². The van der Waals surface area contributed by atoms with Crippen molar-refractivity contribution in [1.29, 1.82) is 0 Å². The molecule has 0 aliphatic rings. The Morgan fingerprint density at radius 1 is 1.07 bits per heavy atom. The summed E-state index contributed by atoms with van der Waals surface area (Å²) in [5, 5.41) is 13.5. The second-order valence-corrected chi connectivity index (χ2v) is 6.39. The van der Waals surface area contributed by atoms with Gasteiger partial charge in [-0.05, 0) is 51.1 Å². The lowest BCUT2D eigenvalue weighted by Gasteiger charge is -2.18. The number of anilines is 1. The third-order valence-electron chi connectivity index (χ3n) is 4.52. The molecule has 0 fully saturated rings. The van der Waals surface area contributed by atoms with E-state index in [4.69, 9.17) is 4.74 Å². The molecule has 0 spiro atoms. The van der Waals surface area contributed by atoms with E-state index in [2.05, 4.69) is 5.32 Å². The highest BCUT2D eigenvalue weighted by Gasteiger charge is 2.20. The Morgan fingerprint density at radius 3 is 2.27 bits per heavy atom. The second kappa shape index (κ2) is 10.1. The van der Waals surface area contributed by atoms with E-state index in [0.29, 0.717) is 24.3 Å². The van der Waals surface area contributed by atoms with Crippen molar-refractivity contribution in [2.75, 3.05) is 25.0 Å². The minimum Gasteiger partial charge on any atom is -0.452 e. The first kappa shape index (κ1) is 22.5. The fraction of sp³-hybridized carbons (Fsp3) is 0.286. The van der Waals surface area contributed by atoms with E-state index < -0.39 is 23.4 Å². The summed E-state index contributed by atoms with van der Waals surface area (Å²) in [5.41, 5.74) is 0.939. The smallest absolute Gasteiger partial charge is 0.339 e. The number of carbonyl (C=O) groups excluding carboxylic acids is 3. The first-order valence-corrected chi connectivity index (χ1v) is 9.38. The third-order valence-corrected chi connectivity index (χ3v) is 4.52. The fourth-order valence-corrected chi connectivity index (χ4v) is 2.84. The van der Waals surface area contributed by atoms with Crippen molar-refractivity contribution in [1.82, 2.24) is 4.90 Å². The maximum Gasteiger partial charge on any atom is 0.339 e. The number of ether oxygens (including phenoxy) is 1. The molecule has 0 aliphatic heterocycles. The Balaban J connectivity index is 1.95. The quantitative estimate of drug-likeness (QED) is 0.403. The average Bonchev–Trinajstić information content (AvgIpc) is 2.73. The van der Waals surface area contributed by atoms with Crippen molar-refractivity contribution in [3.8, 4) is 0 Å². The molecule has 0 saturated heterocycles. The number of hydrogen-bond acceptors (Lipinski definition) is 6. The molecule has 0 bridgehead atoms. The molecule has 1 N–H and O–H groups in total. The van der Waals surface area contributed by atoms with Crippen LogP contribution in [0.4, 0.5) is 11.4 Å². The van der Waals surface area contributed by atoms with Crippen LogP contribution in [0.5, 0.6) is 0 Å². The van der Waals surface area contributed by atoms with E-state index in [-0.39, 0.29) is 22.7 Å². The van der Waals surface area contributed by atoms with Crippen molar-refractivity contribution >= 4 is 29.2 Å². The summed E-state index contributed by atoms with van der Waals surface area (Å²) in [5.74, 6) is -1.50. The number of benzene rings is 2. The highest BCUT2D eigenvalue weighted by atomic mass is 16.6. The van der Waals surface area contributed by atoms with Gasteiger partial charge in [-0.1, -0.05) is 6.07 Å². The molecule has 0 unspecified atom stereocenters. The van der Waals surface area contributed by atoms with Crippen LogP contribution in [-0.2, 0) is 9.53 Å². The van der Waals surface area contributed by atoms with E-state index in [1.165, 1.54) is 25.1 Å². The molecular weight excluding hydrogens is 390 g/mol. The lowest BCUT2D eigenvalue weighted by atomic mass is 10.1. The topological polar surface area (TPSA) is 119 Å². The van der Waals surface area contributed by atoms with Gasteiger partial charge in [0.05, 0.1) is 10.5 Å². The number of hydrogen-bond donors (Lipinski definition) is 1. The average molecular weight is 413 g/mol. The Labute approximate surface area is 173 Å². The first-order chi connectivity index (χ1) is 14.3. The largest absolute Gasteiger partial charge is 0.452 e. The molecular formula is C21H23N3O6. The molecule has 9 heteroatoms. The Hall–Kier alpha value is -3.75. The number of nitro groups is 1. The summed E-state index contributed by atoms with van der Waals surface area (Å²) in [4.78, 5) is 48.6. The van der Waals surface area contributed by atoms with E-state index >= 15 is 0 Å². The van der Waals surface area contributed by atoms with Crippen molar-refractivity contribution < 1.29 is 24.0 Å². The van der Waals surface area contributed by atoms with E-state index in [1.807, 2.05) is 13.8 Å². The zero-order valence-corrected chi connectivity index (χ0v) is 17.0. The van der Waals surface area contributed by atoms with Gasteiger partial charge in [-0.2, -0.15) is 0 Å². The van der Waals surface area contributed by atoms with Gasteiger partial charge in [-0.25, -0.2) is 4.79 Å².